The number of nitrogens with zero attached hydrogens (tertiary/aromatic N) is 3. The first-order valence-corrected chi connectivity index (χ1v) is 6.45. The fourth-order valence-corrected chi connectivity index (χ4v) is 2.60. The van der Waals surface area contributed by atoms with E-state index < -0.39 is 0 Å². The molecule has 0 saturated carbocycles. The fourth-order valence-electron chi connectivity index (χ4n) is 2.60. The lowest BCUT2D eigenvalue weighted by atomic mass is 10.1. The van der Waals surface area contributed by atoms with Gasteiger partial charge in [0.15, 0.2) is 0 Å². The fraction of sp³-hybridized carbons (Fsp3) is 0.429. The van der Waals surface area contributed by atoms with Gasteiger partial charge < -0.3 is 10.2 Å². The highest BCUT2D eigenvalue weighted by Gasteiger charge is 2.22. The van der Waals surface area contributed by atoms with Gasteiger partial charge in [0.25, 0.3) is 0 Å². The molecular weight excluding hydrogens is 224 g/mol. The molecule has 0 spiro atoms. The highest BCUT2D eigenvalue weighted by atomic mass is 15.3. The number of piperazine rings is 1. The summed E-state index contributed by atoms with van der Waals surface area (Å²) in [6.07, 6.45) is 1.91. The Morgan fingerprint density at radius 3 is 2.67 bits per heavy atom. The van der Waals surface area contributed by atoms with Gasteiger partial charge in [-0.15, -0.1) is 0 Å². The molecule has 1 N–H and O–H groups in total. The number of fused-ring (bicyclic) bond motifs is 1. The van der Waals surface area contributed by atoms with Gasteiger partial charge in [0, 0.05) is 36.8 Å². The summed E-state index contributed by atoms with van der Waals surface area (Å²) in [6.45, 7) is 6.32. The molecule has 0 amide bonds. The second-order valence-corrected chi connectivity index (χ2v) is 5.10. The van der Waals surface area contributed by atoms with Crippen molar-refractivity contribution in [1.29, 1.82) is 0 Å². The average molecular weight is 242 g/mol. The molecule has 18 heavy (non-hydrogen) atoms. The Hall–Kier alpha value is -1.68. The van der Waals surface area contributed by atoms with E-state index in [0.29, 0.717) is 12.1 Å². The van der Waals surface area contributed by atoms with Gasteiger partial charge >= 0.3 is 0 Å². The van der Waals surface area contributed by atoms with Crippen LogP contribution in [0.1, 0.15) is 13.8 Å². The smallest absolute Gasteiger partial charge is 0.225 e. The van der Waals surface area contributed by atoms with Crippen molar-refractivity contribution in [3.63, 3.8) is 0 Å². The maximum atomic E-state index is 4.65. The minimum atomic E-state index is 0.476. The third-order valence-corrected chi connectivity index (χ3v) is 3.32. The Kier molecular flexibility index (Phi) is 2.88. The van der Waals surface area contributed by atoms with Crippen molar-refractivity contribution < 1.29 is 0 Å². The van der Waals surface area contributed by atoms with E-state index in [0.717, 1.165) is 29.9 Å². The van der Waals surface area contributed by atoms with Crippen LogP contribution in [-0.2, 0) is 0 Å². The van der Waals surface area contributed by atoms with Gasteiger partial charge in [-0.25, -0.2) is 9.97 Å². The van der Waals surface area contributed by atoms with E-state index in [1.165, 1.54) is 0 Å². The van der Waals surface area contributed by atoms with E-state index in [1.54, 1.807) is 0 Å². The molecule has 1 aliphatic rings. The van der Waals surface area contributed by atoms with Gasteiger partial charge in [-0.3, -0.25) is 0 Å². The summed E-state index contributed by atoms with van der Waals surface area (Å²) < 4.78 is 0. The first-order chi connectivity index (χ1) is 8.72. The van der Waals surface area contributed by atoms with E-state index in [-0.39, 0.29) is 0 Å². The quantitative estimate of drug-likeness (QED) is 0.828. The number of hydrogen-bond acceptors (Lipinski definition) is 4. The van der Waals surface area contributed by atoms with Crippen LogP contribution in [-0.4, -0.2) is 35.1 Å². The van der Waals surface area contributed by atoms with Crippen molar-refractivity contribution in [2.24, 2.45) is 0 Å². The second-order valence-electron chi connectivity index (χ2n) is 5.10. The van der Waals surface area contributed by atoms with Gasteiger partial charge in [0.1, 0.15) is 0 Å². The van der Waals surface area contributed by atoms with E-state index in [9.17, 15) is 0 Å². The summed E-state index contributed by atoms with van der Waals surface area (Å²) in [5.74, 6) is 0.842. The molecule has 2 aromatic rings. The van der Waals surface area contributed by atoms with Gasteiger partial charge in [0.2, 0.25) is 5.95 Å². The molecule has 0 unspecified atom stereocenters. The molecular formula is C14H18N4. The second kappa shape index (κ2) is 4.53. The molecule has 4 nitrogen and oxygen atoms in total. The lowest BCUT2D eigenvalue weighted by Gasteiger charge is -2.36. The number of rotatable bonds is 1. The highest BCUT2D eigenvalue weighted by molar-refractivity contribution is 5.78. The van der Waals surface area contributed by atoms with Crippen LogP contribution in [0.3, 0.4) is 0 Å². The molecule has 2 atom stereocenters. The standard InChI is InChI=1S/C14H18N4/c1-10-8-18(9-11(2)16-10)14-15-7-12-5-3-4-6-13(12)17-14/h3-7,10-11,16H,8-9H2,1-2H3/t10-,11+. The Morgan fingerprint density at radius 1 is 1.17 bits per heavy atom. The molecule has 2 heterocycles. The van der Waals surface area contributed by atoms with Crippen LogP contribution < -0.4 is 10.2 Å². The van der Waals surface area contributed by atoms with E-state index in [1.807, 2.05) is 30.5 Å². The van der Waals surface area contributed by atoms with E-state index >= 15 is 0 Å². The Morgan fingerprint density at radius 2 is 1.89 bits per heavy atom. The number of anilines is 1. The Balaban J connectivity index is 1.93. The van der Waals surface area contributed by atoms with Crippen molar-refractivity contribution in [1.82, 2.24) is 15.3 Å². The zero-order valence-corrected chi connectivity index (χ0v) is 10.8. The minimum absolute atomic E-state index is 0.476. The van der Waals surface area contributed by atoms with Crippen LogP contribution >= 0.6 is 0 Å². The molecule has 1 saturated heterocycles. The van der Waals surface area contributed by atoms with Crippen LogP contribution in [0.2, 0.25) is 0 Å². The molecule has 1 aromatic heterocycles. The predicted octanol–water partition coefficient (Wildman–Crippen LogP) is 1.82. The normalized spacial score (nSPS) is 24.4. The summed E-state index contributed by atoms with van der Waals surface area (Å²) in [5, 5.41) is 4.61. The van der Waals surface area contributed by atoms with Gasteiger partial charge in [-0.1, -0.05) is 18.2 Å². The maximum Gasteiger partial charge on any atom is 0.225 e. The summed E-state index contributed by atoms with van der Waals surface area (Å²) in [5.41, 5.74) is 1.02. The van der Waals surface area contributed by atoms with Crippen LogP contribution in [0.4, 0.5) is 5.95 Å². The first-order valence-electron chi connectivity index (χ1n) is 6.45. The maximum absolute atomic E-state index is 4.65. The molecule has 0 radical (unpaired) electrons. The summed E-state index contributed by atoms with van der Waals surface area (Å²) in [7, 11) is 0. The zero-order valence-electron chi connectivity index (χ0n) is 10.8. The zero-order chi connectivity index (χ0) is 12.5. The monoisotopic (exact) mass is 242 g/mol. The number of hydrogen-bond donors (Lipinski definition) is 1. The number of para-hydroxylation sites is 1. The minimum Gasteiger partial charge on any atom is -0.338 e. The van der Waals surface area contributed by atoms with Gasteiger partial charge in [0.05, 0.1) is 5.52 Å². The van der Waals surface area contributed by atoms with Crippen molar-refractivity contribution >= 4 is 16.9 Å². The first kappa shape index (κ1) is 11.4. The molecule has 1 fully saturated rings. The molecule has 0 aliphatic carbocycles. The van der Waals surface area contributed by atoms with Crippen molar-refractivity contribution in [3.05, 3.63) is 30.5 Å². The molecule has 4 heteroatoms. The number of nitrogens with one attached hydrogen (secondary N) is 1. The van der Waals surface area contributed by atoms with Crippen LogP contribution in [0.25, 0.3) is 10.9 Å². The molecule has 3 rings (SSSR count). The van der Waals surface area contributed by atoms with Gasteiger partial charge in [-0.2, -0.15) is 0 Å². The molecule has 0 bridgehead atoms. The average Bonchev–Trinajstić information content (AvgIpc) is 2.37. The van der Waals surface area contributed by atoms with Crippen molar-refractivity contribution in [2.75, 3.05) is 18.0 Å². The molecule has 94 valence electrons. The SMILES string of the molecule is C[C@@H]1CN(c2ncc3ccccc3n2)C[C@H](C)N1. The summed E-state index contributed by atoms with van der Waals surface area (Å²) in [6, 6.07) is 9.06. The summed E-state index contributed by atoms with van der Waals surface area (Å²) >= 11 is 0. The van der Waals surface area contributed by atoms with E-state index in [2.05, 4.69) is 34.0 Å². The van der Waals surface area contributed by atoms with Crippen molar-refractivity contribution in [2.45, 2.75) is 25.9 Å². The number of benzene rings is 1. The summed E-state index contributed by atoms with van der Waals surface area (Å²) in [4.78, 5) is 11.4. The third kappa shape index (κ3) is 2.16. The molecule has 1 aromatic carbocycles. The van der Waals surface area contributed by atoms with Gasteiger partial charge in [-0.05, 0) is 19.9 Å². The van der Waals surface area contributed by atoms with Crippen molar-refractivity contribution in [3.8, 4) is 0 Å². The molecule has 1 aliphatic heterocycles. The number of aromatic nitrogens is 2. The lowest BCUT2D eigenvalue weighted by molar-refractivity contribution is 0.403. The van der Waals surface area contributed by atoms with Crippen LogP contribution in [0.15, 0.2) is 30.5 Å². The third-order valence-electron chi connectivity index (χ3n) is 3.32. The van der Waals surface area contributed by atoms with E-state index in [4.69, 9.17) is 0 Å². The topological polar surface area (TPSA) is 41.1 Å². The Labute approximate surface area is 107 Å². The largest absolute Gasteiger partial charge is 0.338 e. The Bertz CT molecular complexity index is 544. The van der Waals surface area contributed by atoms with Crippen LogP contribution in [0.5, 0.6) is 0 Å². The van der Waals surface area contributed by atoms with Crippen LogP contribution in [0, 0.1) is 0 Å². The predicted molar refractivity (Wildman–Crippen MR) is 73.8 cm³/mol. The highest BCUT2D eigenvalue weighted by Crippen LogP contribution is 2.17. The lowest BCUT2D eigenvalue weighted by Crippen LogP contribution is -2.54.